The molecule has 0 radical (unpaired) electrons. The monoisotopic (exact) mass is 440 g/mol. The number of hydrogen-bond donors (Lipinski definition) is 1. The second-order valence-electron chi connectivity index (χ2n) is 8.94. The van der Waals surface area contributed by atoms with Crippen molar-refractivity contribution < 1.29 is 18.7 Å². The van der Waals surface area contributed by atoms with Crippen molar-refractivity contribution in [1.82, 2.24) is 10.2 Å². The molecule has 1 aliphatic carbocycles. The number of nitrogens with one attached hydrogen (secondary N) is 1. The minimum absolute atomic E-state index is 0.0940. The average Bonchev–Trinajstić information content (AvgIpc) is 3.34. The van der Waals surface area contributed by atoms with Gasteiger partial charge in [0.15, 0.2) is 11.5 Å². The van der Waals surface area contributed by atoms with Crippen LogP contribution >= 0.6 is 0 Å². The fraction of sp³-hybridized carbons (Fsp3) is 0.500. The van der Waals surface area contributed by atoms with Crippen LogP contribution in [0.5, 0.6) is 11.5 Å². The van der Waals surface area contributed by atoms with E-state index in [1.165, 1.54) is 11.6 Å². The number of rotatable bonds is 7. The van der Waals surface area contributed by atoms with E-state index < -0.39 is 0 Å². The molecule has 32 heavy (non-hydrogen) atoms. The lowest BCUT2D eigenvalue weighted by Crippen LogP contribution is -2.48. The molecule has 1 N–H and O–H groups in total. The van der Waals surface area contributed by atoms with Gasteiger partial charge in [0, 0.05) is 30.6 Å². The molecule has 2 aromatic rings. The Balaban J connectivity index is 1.67. The first kappa shape index (κ1) is 22.6. The predicted molar refractivity (Wildman–Crippen MR) is 122 cm³/mol. The number of benzene rings is 2. The van der Waals surface area contributed by atoms with Crippen LogP contribution < -0.4 is 14.8 Å². The summed E-state index contributed by atoms with van der Waals surface area (Å²) in [6.45, 7) is 3.30. The highest BCUT2D eigenvalue weighted by molar-refractivity contribution is 5.79. The number of hydrogen-bond acceptors (Lipinski definition) is 4. The van der Waals surface area contributed by atoms with Crippen LogP contribution in [-0.4, -0.2) is 37.6 Å². The van der Waals surface area contributed by atoms with Gasteiger partial charge in [-0.1, -0.05) is 31.0 Å². The van der Waals surface area contributed by atoms with Crippen molar-refractivity contribution in [2.75, 3.05) is 20.8 Å². The maximum absolute atomic E-state index is 14.5. The molecule has 2 unspecified atom stereocenters. The van der Waals surface area contributed by atoms with Crippen LogP contribution in [0.1, 0.15) is 55.3 Å². The number of ether oxygens (including phenoxy) is 2. The third kappa shape index (κ3) is 4.60. The maximum atomic E-state index is 14.5. The van der Waals surface area contributed by atoms with Crippen LogP contribution in [-0.2, 0) is 17.8 Å². The van der Waals surface area contributed by atoms with E-state index in [4.69, 9.17) is 9.47 Å². The Hall–Kier alpha value is -2.60. The highest BCUT2D eigenvalue weighted by Crippen LogP contribution is 2.40. The number of methoxy groups -OCH3 is 2. The molecule has 0 spiro atoms. The van der Waals surface area contributed by atoms with Gasteiger partial charge in [-0.15, -0.1) is 0 Å². The van der Waals surface area contributed by atoms with Gasteiger partial charge in [0.2, 0.25) is 5.91 Å². The van der Waals surface area contributed by atoms with Gasteiger partial charge >= 0.3 is 0 Å². The molecule has 0 aromatic heterocycles. The topological polar surface area (TPSA) is 50.8 Å². The molecule has 2 aromatic carbocycles. The molecule has 1 aliphatic heterocycles. The number of amides is 1. The Morgan fingerprint density at radius 2 is 1.84 bits per heavy atom. The summed E-state index contributed by atoms with van der Waals surface area (Å²) in [5.41, 5.74) is 2.94. The highest BCUT2D eigenvalue weighted by atomic mass is 19.1. The molecule has 2 atom stereocenters. The smallest absolute Gasteiger partial charge is 0.223 e. The second-order valence-corrected chi connectivity index (χ2v) is 8.94. The summed E-state index contributed by atoms with van der Waals surface area (Å²) in [6.07, 6.45) is 4.99. The van der Waals surface area contributed by atoms with Crippen molar-refractivity contribution in [1.29, 1.82) is 0 Å². The van der Waals surface area contributed by atoms with Crippen molar-refractivity contribution in [2.45, 2.75) is 57.7 Å². The van der Waals surface area contributed by atoms with E-state index in [1.54, 1.807) is 20.3 Å². The van der Waals surface area contributed by atoms with E-state index in [-0.39, 0.29) is 29.7 Å². The van der Waals surface area contributed by atoms with Crippen LogP contribution in [0.2, 0.25) is 0 Å². The fourth-order valence-corrected chi connectivity index (χ4v) is 5.25. The summed E-state index contributed by atoms with van der Waals surface area (Å²) in [6, 6.07) is 10.7. The lowest BCUT2D eigenvalue weighted by atomic mass is 9.87. The number of carbonyl (C=O) groups excluding carboxylic acids is 1. The summed E-state index contributed by atoms with van der Waals surface area (Å²) in [7, 11) is 3.27. The Morgan fingerprint density at radius 1 is 1.16 bits per heavy atom. The molecule has 4 rings (SSSR count). The zero-order valence-electron chi connectivity index (χ0n) is 19.2. The lowest BCUT2D eigenvalue weighted by molar-refractivity contribution is -0.126. The minimum atomic E-state index is -0.202. The van der Waals surface area contributed by atoms with Crippen molar-refractivity contribution in [2.24, 2.45) is 5.92 Å². The molecule has 2 aliphatic rings. The van der Waals surface area contributed by atoms with Crippen LogP contribution in [0.25, 0.3) is 0 Å². The van der Waals surface area contributed by atoms with Crippen LogP contribution in [0.4, 0.5) is 4.39 Å². The van der Waals surface area contributed by atoms with Crippen molar-refractivity contribution in [3.63, 3.8) is 0 Å². The van der Waals surface area contributed by atoms with E-state index in [0.717, 1.165) is 44.2 Å². The van der Waals surface area contributed by atoms with Crippen LogP contribution in [0, 0.1) is 11.7 Å². The summed E-state index contributed by atoms with van der Waals surface area (Å²) in [5.74, 6) is 1.40. The maximum Gasteiger partial charge on any atom is 0.223 e. The van der Waals surface area contributed by atoms with E-state index in [1.807, 2.05) is 24.3 Å². The number of halogens is 1. The predicted octanol–water partition coefficient (Wildman–Crippen LogP) is 4.64. The summed E-state index contributed by atoms with van der Waals surface area (Å²) >= 11 is 0. The average molecular weight is 441 g/mol. The summed E-state index contributed by atoms with van der Waals surface area (Å²) in [4.78, 5) is 15.2. The molecule has 0 bridgehead atoms. The van der Waals surface area contributed by atoms with Gasteiger partial charge < -0.3 is 14.8 Å². The van der Waals surface area contributed by atoms with Crippen molar-refractivity contribution in [3.05, 3.63) is 58.9 Å². The standard InChI is InChI=1S/C26H33FN2O3/c1-17(28-26(30)18-8-4-5-9-18)25-21-15-24(32-3)23(31-2)14-19(21)12-13-29(25)16-20-10-6-7-11-22(20)27/h6-7,10-11,14-15,17-18,25H,4-5,8-9,12-13,16H2,1-3H3,(H,28,30). The van der Waals surface area contributed by atoms with Crippen molar-refractivity contribution in [3.8, 4) is 11.5 Å². The number of fused-ring (bicyclic) bond motifs is 1. The Morgan fingerprint density at radius 3 is 2.53 bits per heavy atom. The third-order valence-corrected chi connectivity index (χ3v) is 6.93. The quantitative estimate of drug-likeness (QED) is 0.682. The van der Waals surface area contributed by atoms with Gasteiger partial charge in [0.1, 0.15) is 5.82 Å². The normalized spacial score (nSPS) is 19.9. The largest absolute Gasteiger partial charge is 0.493 e. The first-order chi connectivity index (χ1) is 15.5. The molecule has 1 saturated carbocycles. The lowest BCUT2D eigenvalue weighted by Gasteiger charge is -2.41. The summed E-state index contributed by atoms with van der Waals surface area (Å²) < 4.78 is 25.6. The minimum Gasteiger partial charge on any atom is -0.493 e. The summed E-state index contributed by atoms with van der Waals surface area (Å²) in [5, 5.41) is 3.28. The van der Waals surface area contributed by atoms with Gasteiger partial charge in [0.25, 0.3) is 0 Å². The van der Waals surface area contributed by atoms with Gasteiger partial charge in [-0.25, -0.2) is 4.39 Å². The molecule has 172 valence electrons. The van der Waals surface area contributed by atoms with Gasteiger partial charge in [-0.3, -0.25) is 9.69 Å². The van der Waals surface area contributed by atoms with E-state index in [2.05, 4.69) is 17.1 Å². The molecule has 5 nitrogen and oxygen atoms in total. The number of nitrogens with zero attached hydrogens (tertiary/aromatic N) is 1. The van der Waals surface area contributed by atoms with E-state index in [9.17, 15) is 9.18 Å². The number of carbonyl (C=O) groups is 1. The molecule has 1 heterocycles. The highest BCUT2D eigenvalue weighted by Gasteiger charge is 2.35. The molecule has 0 saturated heterocycles. The zero-order valence-corrected chi connectivity index (χ0v) is 19.2. The first-order valence-electron chi connectivity index (χ1n) is 11.5. The molecular formula is C26H33FN2O3. The van der Waals surface area contributed by atoms with E-state index in [0.29, 0.717) is 23.6 Å². The Labute approximate surface area is 189 Å². The zero-order chi connectivity index (χ0) is 22.7. The SMILES string of the molecule is COc1cc2c(cc1OC)C(C(C)NC(=O)C1CCCC1)N(Cc1ccccc1F)CC2. The van der Waals surface area contributed by atoms with Gasteiger partial charge in [0.05, 0.1) is 20.3 Å². The second kappa shape index (κ2) is 9.90. The molecule has 1 fully saturated rings. The Bertz CT molecular complexity index is 958. The van der Waals surface area contributed by atoms with Crippen molar-refractivity contribution >= 4 is 5.91 Å². The fourth-order valence-electron chi connectivity index (χ4n) is 5.25. The van der Waals surface area contributed by atoms with Gasteiger partial charge in [-0.05, 0) is 55.5 Å². The molecular weight excluding hydrogens is 407 g/mol. The molecule has 1 amide bonds. The first-order valence-corrected chi connectivity index (χ1v) is 11.5. The van der Waals surface area contributed by atoms with E-state index >= 15 is 0 Å². The van der Waals surface area contributed by atoms with Crippen LogP contribution in [0.15, 0.2) is 36.4 Å². The Kier molecular flexibility index (Phi) is 6.99. The third-order valence-electron chi connectivity index (χ3n) is 6.93. The molecule has 6 heteroatoms. The van der Waals surface area contributed by atoms with Crippen LogP contribution in [0.3, 0.4) is 0 Å². The van der Waals surface area contributed by atoms with Gasteiger partial charge in [-0.2, -0.15) is 0 Å².